The van der Waals surface area contributed by atoms with Gasteiger partial charge in [0.1, 0.15) is 0 Å². The summed E-state index contributed by atoms with van der Waals surface area (Å²) in [6.45, 7) is 3.90. The third kappa shape index (κ3) is 5.83. The summed E-state index contributed by atoms with van der Waals surface area (Å²) in [4.78, 5) is 11.6. The second kappa shape index (κ2) is 6.16. The van der Waals surface area contributed by atoms with E-state index in [1.807, 2.05) is 0 Å². The molecule has 0 spiro atoms. The molecule has 0 aromatic rings. The molecule has 1 aliphatic rings. The molecule has 1 aliphatic carbocycles. The normalized spacial score (nSPS) is 18.1. The van der Waals surface area contributed by atoms with Crippen LogP contribution in [0.25, 0.3) is 0 Å². The smallest absolute Gasteiger partial charge is 0.308 e. The van der Waals surface area contributed by atoms with Gasteiger partial charge in [-0.15, -0.1) is 0 Å². The van der Waals surface area contributed by atoms with E-state index in [1.54, 1.807) is 0 Å². The van der Waals surface area contributed by atoms with E-state index in [0.717, 1.165) is 25.7 Å². The summed E-state index contributed by atoms with van der Waals surface area (Å²) in [5, 5.41) is 0. The van der Waals surface area contributed by atoms with Crippen LogP contribution in [0, 0.1) is 5.92 Å². The maximum Gasteiger partial charge on any atom is 0.308 e. The summed E-state index contributed by atoms with van der Waals surface area (Å²) in [5.74, 6) is -0.735. The molecule has 0 saturated heterocycles. The minimum absolute atomic E-state index is 0.0378. The van der Waals surface area contributed by atoms with Crippen molar-refractivity contribution in [3.8, 4) is 0 Å². The Kier molecular flexibility index (Phi) is 5.14. The van der Waals surface area contributed by atoms with Crippen LogP contribution >= 0.6 is 0 Å². The fourth-order valence-electron chi connectivity index (χ4n) is 1.79. The van der Waals surface area contributed by atoms with E-state index in [9.17, 15) is 13.2 Å². The van der Waals surface area contributed by atoms with Crippen LogP contribution in [0.3, 0.4) is 0 Å². The first kappa shape index (κ1) is 14.2. The molecule has 0 amide bonds. The van der Waals surface area contributed by atoms with Crippen LogP contribution in [0.15, 0.2) is 12.2 Å². The molecular formula is C11H18O5S. The van der Waals surface area contributed by atoms with E-state index >= 15 is 0 Å². The molecule has 1 fully saturated rings. The van der Waals surface area contributed by atoms with Crippen LogP contribution < -0.4 is 0 Å². The van der Waals surface area contributed by atoms with E-state index in [2.05, 4.69) is 6.58 Å². The molecule has 0 radical (unpaired) electrons. The molecule has 1 saturated carbocycles. The minimum Gasteiger partial charge on any atom is -0.465 e. The van der Waals surface area contributed by atoms with E-state index in [1.165, 1.54) is 5.57 Å². The van der Waals surface area contributed by atoms with Gasteiger partial charge in [0.05, 0.1) is 18.3 Å². The van der Waals surface area contributed by atoms with Gasteiger partial charge in [0.15, 0.2) is 0 Å². The van der Waals surface area contributed by atoms with Crippen molar-refractivity contribution in [2.75, 3.05) is 12.4 Å². The van der Waals surface area contributed by atoms with Crippen molar-refractivity contribution >= 4 is 16.1 Å². The number of carbonyl (C=O) groups is 1. The van der Waals surface area contributed by atoms with Crippen LogP contribution in [0.5, 0.6) is 0 Å². The summed E-state index contributed by atoms with van der Waals surface area (Å²) < 4.78 is 34.3. The molecule has 98 valence electrons. The first-order valence-corrected chi connectivity index (χ1v) is 7.28. The Balaban J connectivity index is 2.19. The van der Waals surface area contributed by atoms with Crippen LogP contribution in [0.1, 0.15) is 32.1 Å². The quantitative estimate of drug-likeness (QED) is 0.352. The molecule has 0 atom stereocenters. The van der Waals surface area contributed by atoms with Crippen LogP contribution in [-0.4, -0.2) is 31.3 Å². The van der Waals surface area contributed by atoms with Crippen molar-refractivity contribution in [1.82, 2.24) is 0 Å². The standard InChI is InChI=1S/C11H18O5S/c1-9-3-5-10(6-4-9)11(12)16-7-2-8-17(13,14)15/h10H,1-8H2,(H,13,14,15). The predicted octanol–water partition coefficient (Wildman–Crippen LogP) is 1.55. The van der Waals surface area contributed by atoms with Gasteiger partial charge >= 0.3 is 5.97 Å². The van der Waals surface area contributed by atoms with Crippen molar-refractivity contribution in [1.29, 1.82) is 0 Å². The van der Waals surface area contributed by atoms with Crippen molar-refractivity contribution in [2.45, 2.75) is 32.1 Å². The van der Waals surface area contributed by atoms with Gasteiger partial charge in [-0.25, -0.2) is 0 Å². The lowest BCUT2D eigenvalue weighted by Gasteiger charge is -2.21. The largest absolute Gasteiger partial charge is 0.465 e. The Morgan fingerprint density at radius 1 is 1.41 bits per heavy atom. The summed E-state index contributed by atoms with van der Waals surface area (Å²) in [6, 6.07) is 0. The van der Waals surface area contributed by atoms with Crippen molar-refractivity contribution in [3.05, 3.63) is 12.2 Å². The molecule has 0 unspecified atom stereocenters. The zero-order valence-corrected chi connectivity index (χ0v) is 10.5. The van der Waals surface area contributed by atoms with E-state index < -0.39 is 10.1 Å². The monoisotopic (exact) mass is 262 g/mol. The molecule has 0 heterocycles. The Bertz CT molecular complexity index is 375. The highest BCUT2D eigenvalue weighted by molar-refractivity contribution is 7.85. The minimum atomic E-state index is -3.96. The Morgan fingerprint density at radius 3 is 2.53 bits per heavy atom. The summed E-state index contributed by atoms with van der Waals surface area (Å²) in [7, 11) is -3.96. The molecule has 17 heavy (non-hydrogen) atoms. The van der Waals surface area contributed by atoms with Crippen LogP contribution in [-0.2, 0) is 19.6 Å². The second-order valence-corrected chi connectivity index (χ2v) is 5.90. The maximum absolute atomic E-state index is 11.6. The zero-order valence-electron chi connectivity index (χ0n) is 9.72. The molecule has 6 heteroatoms. The number of hydrogen-bond donors (Lipinski definition) is 1. The lowest BCUT2D eigenvalue weighted by molar-refractivity contribution is -0.149. The van der Waals surface area contributed by atoms with Gasteiger partial charge < -0.3 is 4.74 Å². The SMILES string of the molecule is C=C1CCC(C(=O)OCCCS(=O)(=O)O)CC1. The predicted molar refractivity (Wildman–Crippen MR) is 63.1 cm³/mol. The third-order valence-corrected chi connectivity index (χ3v) is 3.62. The van der Waals surface area contributed by atoms with Crippen molar-refractivity contribution in [3.63, 3.8) is 0 Å². The number of carbonyl (C=O) groups excluding carboxylic acids is 1. The fraction of sp³-hybridized carbons (Fsp3) is 0.727. The number of hydrogen-bond acceptors (Lipinski definition) is 4. The highest BCUT2D eigenvalue weighted by atomic mass is 32.2. The lowest BCUT2D eigenvalue weighted by Crippen LogP contribution is -2.22. The van der Waals surface area contributed by atoms with E-state index in [4.69, 9.17) is 9.29 Å². The molecular weight excluding hydrogens is 244 g/mol. The summed E-state index contributed by atoms with van der Waals surface area (Å²) in [6.07, 6.45) is 3.35. The number of ether oxygens (including phenoxy) is 1. The van der Waals surface area contributed by atoms with Crippen LogP contribution in [0.2, 0.25) is 0 Å². The third-order valence-electron chi connectivity index (χ3n) is 2.82. The molecule has 5 nitrogen and oxygen atoms in total. The highest BCUT2D eigenvalue weighted by Gasteiger charge is 2.23. The average Bonchev–Trinajstić information content (AvgIpc) is 2.24. The van der Waals surface area contributed by atoms with Crippen LogP contribution in [0.4, 0.5) is 0 Å². The lowest BCUT2D eigenvalue weighted by atomic mass is 9.87. The Morgan fingerprint density at radius 2 is 2.00 bits per heavy atom. The molecule has 1 N–H and O–H groups in total. The first-order valence-electron chi connectivity index (χ1n) is 5.67. The molecule has 0 aromatic heterocycles. The van der Waals surface area contributed by atoms with Gasteiger partial charge in [0.2, 0.25) is 0 Å². The summed E-state index contributed by atoms with van der Waals surface area (Å²) in [5.41, 5.74) is 1.17. The van der Waals surface area contributed by atoms with Gasteiger partial charge in [-0.2, -0.15) is 8.42 Å². The second-order valence-electron chi connectivity index (χ2n) is 4.33. The van der Waals surface area contributed by atoms with Gasteiger partial charge in [0.25, 0.3) is 10.1 Å². The maximum atomic E-state index is 11.6. The van der Waals surface area contributed by atoms with E-state index in [-0.39, 0.29) is 30.7 Å². The zero-order chi connectivity index (χ0) is 12.9. The van der Waals surface area contributed by atoms with Gasteiger partial charge in [-0.05, 0) is 32.1 Å². The van der Waals surface area contributed by atoms with Crippen molar-refractivity contribution in [2.24, 2.45) is 5.92 Å². The van der Waals surface area contributed by atoms with Gasteiger partial charge in [-0.1, -0.05) is 12.2 Å². The number of esters is 1. The average molecular weight is 262 g/mol. The van der Waals surface area contributed by atoms with Crippen molar-refractivity contribution < 1.29 is 22.5 Å². The summed E-state index contributed by atoms with van der Waals surface area (Å²) >= 11 is 0. The molecule has 1 rings (SSSR count). The Hall–Kier alpha value is -0.880. The van der Waals surface area contributed by atoms with Gasteiger partial charge in [-0.3, -0.25) is 9.35 Å². The Labute approximate surface area is 102 Å². The molecule has 0 bridgehead atoms. The molecule has 0 aliphatic heterocycles. The van der Waals surface area contributed by atoms with Gasteiger partial charge in [0, 0.05) is 0 Å². The first-order chi connectivity index (χ1) is 7.88. The number of rotatable bonds is 5. The molecule has 0 aromatic carbocycles. The number of allylic oxidation sites excluding steroid dienone is 1. The van der Waals surface area contributed by atoms with E-state index in [0.29, 0.717) is 0 Å². The fourth-order valence-corrected chi connectivity index (χ4v) is 2.28. The topological polar surface area (TPSA) is 80.7 Å². The highest BCUT2D eigenvalue weighted by Crippen LogP contribution is 2.27.